The van der Waals surface area contributed by atoms with Gasteiger partial charge in [-0.05, 0) is 36.6 Å². The molecule has 1 amide bonds. The topological polar surface area (TPSA) is 93.7 Å². The zero-order valence-corrected chi connectivity index (χ0v) is 17.2. The van der Waals surface area contributed by atoms with Gasteiger partial charge >= 0.3 is 0 Å². The first-order valence-electron chi connectivity index (χ1n) is 9.65. The van der Waals surface area contributed by atoms with E-state index in [2.05, 4.69) is 0 Å². The molecule has 1 atom stereocenters. The number of non-ortho nitro benzene ring substituents is 1. The summed E-state index contributed by atoms with van der Waals surface area (Å²) in [7, 11) is 0. The van der Waals surface area contributed by atoms with Gasteiger partial charge in [-0.2, -0.15) is 0 Å². The highest BCUT2D eigenvalue weighted by Crippen LogP contribution is 2.39. The molecule has 0 spiro atoms. The Morgan fingerprint density at radius 1 is 1.23 bits per heavy atom. The molecule has 1 aromatic heterocycles. The van der Waals surface area contributed by atoms with Gasteiger partial charge in [0.15, 0.2) is 5.43 Å². The minimum Gasteiger partial charge on any atom is -0.450 e. The number of hydrogen-bond acceptors (Lipinski definition) is 5. The second kappa shape index (κ2) is 7.57. The highest BCUT2D eigenvalue weighted by Gasteiger charge is 2.42. The number of benzene rings is 2. The first kappa shape index (κ1) is 20.1. The van der Waals surface area contributed by atoms with E-state index in [1.54, 1.807) is 36.1 Å². The number of unbranched alkanes of at least 4 members (excludes halogenated alkanes) is 1. The Labute approximate surface area is 177 Å². The monoisotopic (exact) mass is 426 g/mol. The van der Waals surface area contributed by atoms with Crippen molar-refractivity contribution in [3.05, 3.63) is 84.2 Å². The van der Waals surface area contributed by atoms with Gasteiger partial charge in [0.05, 0.1) is 21.9 Å². The first-order valence-corrected chi connectivity index (χ1v) is 10.0. The number of amides is 1. The third-order valence-corrected chi connectivity index (χ3v) is 5.80. The normalized spacial score (nSPS) is 15.6. The van der Waals surface area contributed by atoms with Gasteiger partial charge in [-0.25, -0.2) is 0 Å². The second-order valence-corrected chi connectivity index (χ2v) is 7.79. The summed E-state index contributed by atoms with van der Waals surface area (Å²) in [6.45, 7) is 4.19. The molecule has 0 N–H and O–H groups in total. The lowest BCUT2D eigenvalue weighted by atomic mass is 9.97. The lowest BCUT2D eigenvalue weighted by Crippen LogP contribution is -2.30. The van der Waals surface area contributed by atoms with Gasteiger partial charge in [0.25, 0.3) is 11.6 Å². The minimum atomic E-state index is -0.750. The molecule has 3 aromatic rings. The predicted molar refractivity (Wildman–Crippen MR) is 113 cm³/mol. The van der Waals surface area contributed by atoms with E-state index in [4.69, 9.17) is 16.0 Å². The molecule has 7 nitrogen and oxygen atoms in total. The number of fused-ring (bicyclic) bond motifs is 2. The summed E-state index contributed by atoms with van der Waals surface area (Å²) in [6.07, 6.45) is 1.57. The van der Waals surface area contributed by atoms with Crippen molar-refractivity contribution in [2.24, 2.45) is 0 Å². The van der Waals surface area contributed by atoms with Crippen LogP contribution in [0.25, 0.3) is 11.0 Å². The SMILES string of the molecule is CCCCN1C(=O)c2oc3cc(C)c(Cl)cc3c(=O)c2C1c1cccc([N+](=O)[O-])c1. The zero-order valence-electron chi connectivity index (χ0n) is 16.5. The Balaban J connectivity index is 1.99. The molecule has 0 radical (unpaired) electrons. The molecule has 2 aromatic carbocycles. The fourth-order valence-electron chi connectivity index (χ4n) is 3.85. The number of carbonyl (C=O) groups is 1. The maximum atomic E-state index is 13.4. The fourth-order valence-corrected chi connectivity index (χ4v) is 4.02. The third-order valence-electron chi connectivity index (χ3n) is 5.40. The average molecular weight is 427 g/mol. The summed E-state index contributed by atoms with van der Waals surface area (Å²) in [5, 5.41) is 12.0. The summed E-state index contributed by atoms with van der Waals surface area (Å²) in [6, 6.07) is 8.45. The zero-order chi connectivity index (χ0) is 21.6. The van der Waals surface area contributed by atoms with Crippen molar-refractivity contribution in [2.75, 3.05) is 6.54 Å². The van der Waals surface area contributed by atoms with Crippen LogP contribution in [0, 0.1) is 17.0 Å². The average Bonchev–Trinajstić information content (AvgIpc) is 3.00. The molecule has 2 heterocycles. The summed E-state index contributed by atoms with van der Waals surface area (Å²) in [4.78, 5) is 38.9. The van der Waals surface area contributed by atoms with E-state index in [9.17, 15) is 19.7 Å². The van der Waals surface area contributed by atoms with Crippen molar-refractivity contribution in [2.45, 2.75) is 32.7 Å². The molecule has 0 fully saturated rings. The lowest BCUT2D eigenvalue weighted by Gasteiger charge is -2.24. The summed E-state index contributed by atoms with van der Waals surface area (Å²) in [5.41, 5.74) is 1.27. The van der Waals surface area contributed by atoms with Crippen LogP contribution in [0.2, 0.25) is 5.02 Å². The van der Waals surface area contributed by atoms with E-state index in [1.165, 1.54) is 12.1 Å². The Morgan fingerprint density at radius 2 is 2.00 bits per heavy atom. The van der Waals surface area contributed by atoms with Crippen LogP contribution in [0.4, 0.5) is 5.69 Å². The molecule has 30 heavy (non-hydrogen) atoms. The van der Waals surface area contributed by atoms with Crippen LogP contribution in [-0.4, -0.2) is 22.3 Å². The molecule has 1 unspecified atom stereocenters. The van der Waals surface area contributed by atoms with Crippen molar-refractivity contribution < 1.29 is 14.1 Å². The molecule has 4 rings (SSSR count). The highest BCUT2D eigenvalue weighted by atomic mass is 35.5. The van der Waals surface area contributed by atoms with Crippen LogP contribution in [0.15, 0.2) is 45.6 Å². The van der Waals surface area contributed by atoms with Crippen molar-refractivity contribution in [3.63, 3.8) is 0 Å². The number of nitrogens with zero attached hydrogens (tertiary/aromatic N) is 2. The first-order chi connectivity index (χ1) is 14.3. The number of halogens is 1. The van der Waals surface area contributed by atoms with Crippen molar-refractivity contribution in [1.82, 2.24) is 4.90 Å². The molecule has 1 aliphatic rings. The highest BCUT2D eigenvalue weighted by molar-refractivity contribution is 6.32. The van der Waals surface area contributed by atoms with Crippen LogP contribution in [0.3, 0.4) is 0 Å². The van der Waals surface area contributed by atoms with Gasteiger partial charge in [-0.1, -0.05) is 37.1 Å². The van der Waals surface area contributed by atoms with E-state index >= 15 is 0 Å². The Bertz CT molecular complexity index is 1250. The standard InChI is InChI=1S/C22H19ClN2O5/c1-3-4-8-24-19(13-6-5-7-14(10-13)25(28)29)18-20(26)15-11-16(23)12(2)9-17(15)30-21(18)22(24)27/h5-7,9-11,19H,3-4,8H2,1-2H3. The van der Waals surface area contributed by atoms with Crippen molar-refractivity contribution in [1.29, 1.82) is 0 Å². The number of nitro groups is 1. The molecule has 1 aliphatic heterocycles. The molecular weight excluding hydrogens is 408 g/mol. The van der Waals surface area contributed by atoms with Crippen LogP contribution in [0.1, 0.15) is 53.1 Å². The van der Waals surface area contributed by atoms with Crippen LogP contribution < -0.4 is 5.43 Å². The Morgan fingerprint density at radius 3 is 2.70 bits per heavy atom. The van der Waals surface area contributed by atoms with Gasteiger partial charge in [0.2, 0.25) is 5.76 Å². The maximum absolute atomic E-state index is 13.4. The number of aryl methyl sites for hydroxylation is 1. The molecule has 0 saturated heterocycles. The smallest absolute Gasteiger partial charge is 0.290 e. The van der Waals surface area contributed by atoms with E-state index in [-0.39, 0.29) is 33.7 Å². The molecular formula is C22H19ClN2O5. The molecule has 0 saturated carbocycles. The summed E-state index contributed by atoms with van der Waals surface area (Å²) < 4.78 is 5.89. The number of nitro benzene ring substituents is 1. The minimum absolute atomic E-state index is 0.0122. The summed E-state index contributed by atoms with van der Waals surface area (Å²) in [5.74, 6) is -0.400. The molecule has 8 heteroatoms. The van der Waals surface area contributed by atoms with Crippen LogP contribution >= 0.6 is 11.6 Å². The molecule has 154 valence electrons. The van der Waals surface area contributed by atoms with Crippen LogP contribution in [0.5, 0.6) is 0 Å². The third kappa shape index (κ3) is 3.15. The molecule has 0 aliphatic carbocycles. The van der Waals surface area contributed by atoms with E-state index in [0.29, 0.717) is 22.7 Å². The predicted octanol–water partition coefficient (Wildman–Crippen LogP) is 5.01. The quantitative estimate of drug-likeness (QED) is 0.422. The van der Waals surface area contributed by atoms with Crippen LogP contribution in [-0.2, 0) is 0 Å². The second-order valence-electron chi connectivity index (χ2n) is 7.38. The molecule has 0 bridgehead atoms. The fraction of sp³-hybridized carbons (Fsp3) is 0.273. The van der Waals surface area contributed by atoms with Gasteiger partial charge in [0.1, 0.15) is 5.58 Å². The van der Waals surface area contributed by atoms with Gasteiger partial charge in [-0.15, -0.1) is 0 Å². The van der Waals surface area contributed by atoms with Gasteiger partial charge in [0, 0.05) is 23.7 Å². The van der Waals surface area contributed by atoms with E-state index in [1.807, 2.05) is 6.92 Å². The Hall–Kier alpha value is -3.19. The van der Waals surface area contributed by atoms with E-state index in [0.717, 1.165) is 18.4 Å². The number of carbonyl (C=O) groups excluding carboxylic acids is 1. The van der Waals surface area contributed by atoms with Crippen molar-refractivity contribution >= 4 is 34.2 Å². The number of hydrogen-bond donors (Lipinski definition) is 0. The van der Waals surface area contributed by atoms with Gasteiger partial charge < -0.3 is 9.32 Å². The largest absolute Gasteiger partial charge is 0.450 e. The lowest BCUT2D eigenvalue weighted by molar-refractivity contribution is -0.384. The number of rotatable bonds is 5. The van der Waals surface area contributed by atoms with Gasteiger partial charge in [-0.3, -0.25) is 19.7 Å². The van der Waals surface area contributed by atoms with E-state index < -0.39 is 11.0 Å². The summed E-state index contributed by atoms with van der Waals surface area (Å²) >= 11 is 6.21. The van der Waals surface area contributed by atoms with Crippen molar-refractivity contribution in [3.8, 4) is 0 Å². The Kier molecular flexibility index (Phi) is 5.07. The maximum Gasteiger partial charge on any atom is 0.290 e.